The van der Waals surface area contributed by atoms with E-state index in [2.05, 4.69) is 5.32 Å². The van der Waals surface area contributed by atoms with Crippen molar-refractivity contribution in [3.8, 4) is 0 Å². The quantitative estimate of drug-likeness (QED) is 0.753. The van der Waals surface area contributed by atoms with Crippen LogP contribution in [0.25, 0.3) is 0 Å². The second-order valence-electron chi connectivity index (χ2n) is 4.49. The normalized spacial score (nSPS) is 12.1. The van der Waals surface area contributed by atoms with Gasteiger partial charge >= 0.3 is 0 Å². The molecule has 0 saturated heterocycles. The standard InChI is InChI=1S/C14H17N3OS/c1-8-3-6-13(19-8)9(2)17-14(18)11-5-4-10(15)7-12(11)16/h3-7,9H,15-16H2,1-2H3,(H,17,18). The summed E-state index contributed by atoms with van der Waals surface area (Å²) in [6.45, 7) is 4.00. The molecule has 4 nitrogen and oxygen atoms in total. The molecule has 0 aliphatic rings. The van der Waals surface area contributed by atoms with E-state index < -0.39 is 0 Å². The van der Waals surface area contributed by atoms with Gasteiger partial charge in [0.2, 0.25) is 0 Å². The molecule has 1 unspecified atom stereocenters. The van der Waals surface area contributed by atoms with E-state index >= 15 is 0 Å². The van der Waals surface area contributed by atoms with Crippen LogP contribution < -0.4 is 16.8 Å². The van der Waals surface area contributed by atoms with Gasteiger partial charge in [0, 0.05) is 21.1 Å². The van der Waals surface area contributed by atoms with Crippen molar-refractivity contribution in [1.29, 1.82) is 0 Å². The predicted octanol–water partition coefficient (Wildman–Crippen LogP) is 2.71. The lowest BCUT2D eigenvalue weighted by atomic mass is 10.1. The number of amides is 1. The molecule has 5 heteroatoms. The van der Waals surface area contributed by atoms with Crippen LogP contribution in [0.2, 0.25) is 0 Å². The fourth-order valence-electron chi connectivity index (χ4n) is 1.82. The Labute approximate surface area is 116 Å². The zero-order chi connectivity index (χ0) is 14.0. The van der Waals surface area contributed by atoms with Crippen LogP contribution in [0, 0.1) is 6.92 Å². The van der Waals surface area contributed by atoms with E-state index in [0.717, 1.165) is 4.88 Å². The largest absolute Gasteiger partial charge is 0.399 e. The number of carbonyl (C=O) groups is 1. The van der Waals surface area contributed by atoms with Crippen molar-refractivity contribution >= 4 is 28.6 Å². The maximum absolute atomic E-state index is 12.1. The number of nitrogen functional groups attached to an aromatic ring is 2. The Morgan fingerprint density at radius 3 is 2.58 bits per heavy atom. The third kappa shape index (κ3) is 3.06. The summed E-state index contributed by atoms with van der Waals surface area (Å²) in [5, 5.41) is 2.94. The second kappa shape index (κ2) is 5.32. The van der Waals surface area contributed by atoms with E-state index in [1.54, 1.807) is 29.5 Å². The van der Waals surface area contributed by atoms with Gasteiger partial charge in [-0.15, -0.1) is 11.3 Å². The molecule has 5 N–H and O–H groups in total. The minimum absolute atomic E-state index is 0.0387. The Kier molecular flexibility index (Phi) is 3.76. The van der Waals surface area contributed by atoms with Gasteiger partial charge in [-0.05, 0) is 44.2 Å². The third-order valence-electron chi connectivity index (χ3n) is 2.86. The van der Waals surface area contributed by atoms with Gasteiger partial charge in [0.15, 0.2) is 0 Å². The summed E-state index contributed by atoms with van der Waals surface area (Å²) in [7, 11) is 0. The zero-order valence-electron chi connectivity index (χ0n) is 10.9. The molecule has 2 aromatic rings. The molecule has 1 aromatic heterocycles. The summed E-state index contributed by atoms with van der Waals surface area (Å²) in [6.07, 6.45) is 0. The number of benzene rings is 1. The van der Waals surface area contributed by atoms with Crippen molar-refractivity contribution < 1.29 is 4.79 Å². The van der Waals surface area contributed by atoms with Crippen molar-refractivity contribution in [2.45, 2.75) is 19.9 Å². The van der Waals surface area contributed by atoms with Crippen LogP contribution in [0.5, 0.6) is 0 Å². The van der Waals surface area contributed by atoms with Gasteiger partial charge < -0.3 is 16.8 Å². The predicted molar refractivity (Wildman–Crippen MR) is 80.2 cm³/mol. The average Bonchev–Trinajstić information content (AvgIpc) is 2.75. The SMILES string of the molecule is Cc1ccc(C(C)NC(=O)c2ccc(N)cc2N)s1. The first kappa shape index (κ1) is 13.4. The maximum Gasteiger partial charge on any atom is 0.253 e. The van der Waals surface area contributed by atoms with Gasteiger partial charge in [0.05, 0.1) is 11.6 Å². The number of anilines is 2. The second-order valence-corrected chi connectivity index (χ2v) is 5.81. The van der Waals surface area contributed by atoms with Crippen molar-refractivity contribution in [3.63, 3.8) is 0 Å². The first-order chi connectivity index (χ1) is 8.97. The summed E-state index contributed by atoms with van der Waals surface area (Å²) in [4.78, 5) is 14.5. The van der Waals surface area contributed by atoms with Gasteiger partial charge in [-0.2, -0.15) is 0 Å². The first-order valence-electron chi connectivity index (χ1n) is 5.99. The van der Waals surface area contributed by atoms with Gasteiger partial charge in [-0.1, -0.05) is 0 Å². The molecule has 0 bridgehead atoms. The Morgan fingerprint density at radius 2 is 2.00 bits per heavy atom. The van der Waals surface area contributed by atoms with Gasteiger partial charge in [0.25, 0.3) is 5.91 Å². The zero-order valence-corrected chi connectivity index (χ0v) is 11.8. The van der Waals surface area contributed by atoms with E-state index in [1.807, 2.05) is 26.0 Å². The summed E-state index contributed by atoms with van der Waals surface area (Å²) in [5.41, 5.74) is 12.8. The van der Waals surface area contributed by atoms with E-state index in [4.69, 9.17) is 11.5 Å². The number of hydrogen-bond acceptors (Lipinski definition) is 4. The lowest BCUT2D eigenvalue weighted by molar-refractivity contribution is 0.0941. The van der Waals surface area contributed by atoms with Crippen LogP contribution in [0.1, 0.15) is 33.1 Å². The van der Waals surface area contributed by atoms with Crippen LogP contribution in [0.15, 0.2) is 30.3 Å². The number of rotatable bonds is 3. The van der Waals surface area contributed by atoms with E-state index in [0.29, 0.717) is 16.9 Å². The average molecular weight is 275 g/mol. The molecule has 0 aliphatic heterocycles. The minimum atomic E-state index is -0.184. The van der Waals surface area contributed by atoms with E-state index in [1.165, 1.54) is 4.88 Å². The van der Waals surface area contributed by atoms with Crippen molar-refractivity contribution in [2.75, 3.05) is 11.5 Å². The van der Waals surface area contributed by atoms with Crippen LogP contribution in [-0.2, 0) is 0 Å². The number of thiophene rings is 1. The van der Waals surface area contributed by atoms with Crippen molar-refractivity contribution in [1.82, 2.24) is 5.32 Å². The Morgan fingerprint density at radius 1 is 1.26 bits per heavy atom. The Balaban J connectivity index is 2.12. The number of carbonyl (C=O) groups excluding carboxylic acids is 1. The molecular formula is C14H17N3OS. The molecule has 19 heavy (non-hydrogen) atoms. The maximum atomic E-state index is 12.1. The summed E-state index contributed by atoms with van der Waals surface area (Å²) < 4.78 is 0. The molecule has 0 spiro atoms. The molecular weight excluding hydrogens is 258 g/mol. The molecule has 0 aliphatic carbocycles. The van der Waals surface area contributed by atoms with Crippen LogP contribution in [-0.4, -0.2) is 5.91 Å². The van der Waals surface area contributed by atoms with Gasteiger partial charge in [0.1, 0.15) is 0 Å². The highest BCUT2D eigenvalue weighted by atomic mass is 32.1. The molecule has 100 valence electrons. The monoisotopic (exact) mass is 275 g/mol. The summed E-state index contributed by atoms with van der Waals surface area (Å²) in [5.74, 6) is -0.184. The van der Waals surface area contributed by atoms with Crippen LogP contribution in [0.4, 0.5) is 11.4 Å². The topological polar surface area (TPSA) is 81.1 Å². The van der Waals surface area contributed by atoms with E-state index in [9.17, 15) is 4.79 Å². The van der Waals surface area contributed by atoms with Crippen LogP contribution in [0.3, 0.4) is 0 Å². The highest BCUT2D eigenvalue weighted by Crippen LogP contribution is 2.23. The molecule has 0 saturated carbocycles. The number of aryl methyl sites for hydroxylation is 1. The number of nitrogens with two attached hydrogens (primary N) is 2. The van der Waals surface area contributed by atoms with Gasteiger partial charge in [-0.25, -0.2) is 0 Å². The highest BCUT2D eigenvalue weighted by Gasteiger charge is 2.14. The first-order valence-corrected chi connectivity index (χ1v) is 6.81. The Hall–Kier alpha value is -2.01. The third-order valence-corrected chi connectivity index (χ3v) is 4.04. The van der Waals surface area contributed by atoms with Crippen molar-refractivity contribution in [3.05, 3.63) is 45.6 Å². The minimum Gasteiger partial charge on any atom is -0.399 e. The highest BCUT2D eigenvalue weighted by molar-refractivity contribution is 7.12. The molecule has 0 radical (unpaired) electrons. The molecule has 0 fully saturated rings. The number of nitrogens with one attached hydrogen (secondary N) is 1. The molecule has 2 rings (SSSR count). The van der Waals surface area contributed by atoms with Crippen LogP contribution >= 0.6 is 11.3 Å². The van der Waals surface area contributed by atoms with E-state index in [-0.39, 0.29) is 11.9 Å². The summed E-state index contributed by atoms with van der Waals surface area (Å²) >= 11 is 1.67. The fourth-order valence-corrected chi connectivity index (χ4v) is 2.70. The lowest BCUT2D eigenvalue weighted by Crippen LogP contribution is -2.26. The van der Waals surface area contributed by atoms with Crippen molar-refractivity contribution in [2.24, 2.45) is 0 Å². The Bertz CT molecular complexity index is 606. The fraction of sp³-hybridized carbons (Fsp3) is 0.214. The molecule has 1 aromatic carbocycles. The summed E-state index contributed by atoms with van der Waals surface area (Å²) in [6, 6.07) is 8.94. The lowest BCUT2D eigenvalue weighted by Gasteiger charge is -2.13. The molecule has 1 atom stereocenters. The molecule has 1 heterocycles. The smallest absolute Gasteiger partial charge is 0.253 e. The molecule has 1 amide bonds. The number of hydrogen-bond donors (Lipinski definition) is 3. The van der Waals surface area contributed by atoms with Gasteiger partial charge in [-0.3, -0.25) is 4.79 Å².